The first-order valence-corrected chi connectivity index (χ1v) is 9.36. The molecule has 1 aromatic carbocycles. The summed E-state index contributed by atoms with van der Waals surface area (Å²) in [7, 11) is 1.62. The second kappa shape index (κ2) is 8.75. The van der Waals surface area contributed by atoms with Crippen molar-refractivity contribution in [1.82, 2.24) is 10.3 Å². The maximum absolute atomic E-state index is 12.3. The summed E-state index contributed by atoms with van der Waals surface area (Å²) < 4.78 is 0. The minimum atomic E-state index is -0.436. The van der Waals surface area contributed by atoms with E-state index in [4.69, 9.17) is 4.98 Å². The first-order valence-electron chi connectivity index (χ1n) is 8.48. The molecule has 0 bridgehead atoms. The lowest BCUT2D eigenvalue weighted by Crippen LogP contribution is -2.39. The van der Waals surface area contributed by atoms with Gasteiger partial charge in [-0.2, -0.15) is 0 Å². The number of amides is 1. The lowest BCUT2D eigenvalue weighted by atomic mass is 9.94. The van der Waals surface area contributed by atoms with Gasteiger partial charge >= 0.3 is 0 Å². The van der Waals surface area contributed by atoms with Crippen LogP contribution in [-0.4, -0.2) is 30.4 Å². The molecule has 1 aromatic heterocycles. The fraction of sp³-hybridized carbons (Fsp3) is 0.333. The lowest BCUT2D eigenvalue weighted by Gasteiger charge is -2.23. The molecule has 0 saturated carbocycles. The molecule has 136 valence electrons. The van der Waals surface area contributed by atoms with Crippen molar-refractivity contribution in [2.75, 3.05) is 13.6 Å². The van der Waals surface area contributed by atoms with Gasteiger partial charge in [0, 0.05) is 30.0 Å². The molecule has 2 rings (SSSR count). The van der Waals surface area contributed by atoms with Crippen molar-refractivity contribution in [2.24, 2.45) is 10.9 Å². The Kier molecular flexibility index (Phi) is 6.67. The smallest absolute Gasteiger partial charge is 0.231 e. The van der Waals surface area contributed by atoms with Crippen molar-refractivity contribution in [3.8, 4) is 11.3 Å². The highest BCUT2D eigenvalue weighted by molar-refractivity contribution is 7.10. The van der Waals surface area contributed by atoms with Crippen LogP contribution in [0.5, 0.6) is 0 Å². The Morgan fingerprint density at radius 1 is 1.42 bits per heavy atom. The monoisotopic (exact) mass is 367 g/mol. The fourth-order valence-corrected chi connectivity index (χ4v) is 3.30. The van der Waals surface area contributed by atoms with E-state index in [0.29, 0.717) is 6.54 Å². The molecule has 0 radical (unpaired) electrons. The normalized spacial score (nSPS) is 12.0. The van der Waals surface area contributed by atoms with Crippen LogP contribution in [-0.2, 0) is 10.2 Å². The Labute approximate surface area is 159 Å². The van der Waals surface area contributed by atoms with E-state index in [1.54, 1.807) is 30.5 Å². The van der Waals surface area contributed by atoms with Crippen LogP contribution in [0.15, 0.2) is 53.4 Å². The van der Waals surface area contributed by atoms with E-state index in [2.05, 4.69) is 73.2 Å². The first kappa shape index (κ1) is 19.8. The van der Waals surface area contributed by atoms with Crippen LogP contribution < -0.4 is 5.32 Å². The molecule has 0 aliphatic heterocycles. The summed E-state index contributed by atoms with van der Waals surface area (Å²) in [5.41, 5.74) is 3.03. The molecule has 2 aromatic rings. The van der Waals surface area contributed by atoms with Gasteiger partial charge in [-0.25, -0.2) is 9.98 Å². The third kappa shape index (κ3) is 5.01. The van der Waals surface area contributed by atoms with Crippen LogP contribution >= 0.6 is 11.3 Å². The summed E-state index contributed by atoms with van der Waals surface area (Å²) in [6.07, 6.45) is 3.19. The molecular weight excluding hydrogens is 342 g/mol. The molecular formula is C21H25N3OS. The van der Waals surface area contributed by atoms with Crippen LogP contribution in [0.2, 0.25) is 0 Å². The Balaban J connectivity index is 2.08. The van der Waals surface area contributed by atoms with Gasteiger partial charge < -0.3 is 5.32 Å². The Hall–Kier alpha value is -2.49. The topological polar surface area (TPSA) is 54.4 Å². The summed E-state index contributed by atoms with van der Waals surface area (Å²) in [5.74, 6) is 2.14. The highest BCUT2D eigenvalue weighted by atomic mass is 32.1. The van der Waals surface area contributed by atoms with Crippen molar-refractivity contribution >= 4 is 23.1 Å². The molecule has 0 aliphatic carbocycles. The van der Waals surface area contributed by atoms with Crippen molar-refractivity contribution in [1.29, 1.82) is 0 Å². The zero-order chi connectivity index (χ0) is 19.2. The summed E-state index contributed by atoms with van der Waals surface area (Å²) in [5, 5.41) is 6.04. The Bertz CT molecular complexity index is 827. The largest absolute Gasteiger partial charge is 0.354 e. The first-order chi connectivity index (χ1) is 12.4. The highest BCUT2D eigenvalue weighted by Gasteiger charge is 2.26. The molecule has 0 spiro atoms. The number of carbonyl (C=O) groups excluding carboxylic acids is 1. The Morgan fingerprint density at radius 2 is 2.12 bits per heavy atom. The average molecular weight is 368 g/mol. The predicted molar refractivity (Wildman–Crippen MR) is 110 cm³/mol. The number of benzene rings is 1. The van der Waals surface area contributed by atoms with Gasteiger partial charge in [0.2, 0.25) is 5.91 Å². The molecule has 5 heteroatoms. The van der Waals surface area contributed by atoms with Crippen molar-refractivity contribution in [3.05, 3.63) is 58.9 Å². The fourth-order valence-electron chi connectivity index (χ4n) is 2.35. The number of hydrogen-bond donors (Lipinski definition) is 1. The SMILES string of the molecule is C=CC(C=C=NC)C(=O)NCC(C)(C)c1nc(-c2ccc(C)cc2)cs1. The molecule has 4 nitrogen and oxygen atoms in total. The second-order valence-electron chi connectivity index (χ2n) is 6.79. The summed E-state index contributed by atoms with van der Waals surface area (Å²) in [4.78, 5) is 20.8. The van der Waals surface area contributed by atoms with Crippen LogP contribution in [0.4, 0.5) is 0 Å². The number of nitrogens with zero attached hydrogens (tertiary/aromatic N) is 2. The summed E-state index contributed by atoms with van der Waals surface area (Å²) >= 11 is 1.62. The number of thiazole rings is 1. The van der Waals surface area contributed by atoms with Gasteiger partial charge in [0.1, 0.15) is 5.01 Å². The molecule has 1 amide bonds. The highest BCUT2D eigenvalue weighted by Crippen LogP contribution is 2.30. The number of aryl methyl sites for hydroxylation is 1. The van der Waals surface area contributed by atoms with E-state index >= 15 is 0 Å². The van der Waals surface area contributed by atoms with Crippen LogP contribution in [0.1, 0.15) is 24.4 Å². The predicted octanol–water partition coefficient (Wildman–Crippen LogP) is 4.17. The van der Waals surface area contributed by atoms with Gasteiger partial charge in [0.25, 0.3) is 0 Å². The quantitative estimate of drug-likeness (QED) is 0.590. The second-order valence-corrected chi connectivity index (χ2v) is 7.64. The zero-order valence-corrected chi connectivity index (χ0v) is 16.6. The summed E-state index contributed by atoms with van der Waals surface area (Å²) in [6, 6.07) is 8.34. The van der Waals surface area contributed by atoms with E-state index in [9.17, 15) is 4.79 Å². The van der Waals surface area contributed by atoms with Crippen LogP contribution in [0.3, 0.4) is 0 Å². The van der Waals surface area contributed by atoms with Gasteiger partial charge in [-0.1, -0.05) is 49.8 Å². The molecule has 26 heavy (non-hydrogen) atoms. The molecule has 0 saturated heterocycles. The van der Waals surface area contributed by atoms with E-state index < -0.39 is 5.92 Å². The van der Waals surface area contributed by atoms with E-state index in [0.717, 1.165) is 16.3 Å². The molecule has 1 atom stereocenters. The maximum atomic E-state index is 12.3. The van der Waals surface area contributed by atoms with E-state index in [1.165, 1.54) is 5.56 Å². The number of hydrogen-bond acceptors (Lipinski definition) is 4. The third-order valence-electron chi connectivity index (χ3n) is 4.07. The van der Waals surface area contributed by atoms with Gasteiger partial charge in [-0.3, -0.25) is 4.79 Å². The van der Waals surface area contributed by atoms with Gasteiger partial charge in [-0.15, -0.1) is 17.9 Å². The average Bonchev–Trinajstić information content (AvgIpc) is 3.12. The molecule has 0 aliphatic rings. The number of rotatable bonds is 7. The van der Waals surface area contributed by atoms with Gasteiger partial charge in [0.05, 0.1) is 11.6 Å². The van der Waals surface area contributed by atoms with Crippen molar-refractivity contribution in [2.45, 2.75) is 26.2 Å². The van der Waals surface area contributed by atoms with E-state index in [1.807, 2.05) is 0 Å². The number of nitrogens with one attached hydrogen (secondary N) is 1. The van der Waals surface area contributed by atoms with Crippen LogP contribution in [0, 0.1) is 12.8 Å². The minimum absolute atomic E-state index is 0.112. The molecule has 1 N–H and O–H groups in total. The number of aliphatic imine (C=N–C) groups is 1. The third-order valence-corrected chi connectivity index (χ3v) is 5.28. The standard InChI is InChI=1S/C21H25N3OS/c1-6-16(11-12-22-5)19(25)23-14-21(3,4)20-24-18(13-26-20)17-9-7-15(2)8-10-17/h6-11,13,16H,1,14H2,2-5H3,(H,23,25). The van der Waals surface area contributed by atoms with Gasteiger partial charge in [0.15, 0.2) is 0 Å². The van der Waals surface area contributed by atoms with Crippen molar-refractivity contribution in [3.63, 3.8) is 0 Å². The number of aromatic nitrogens is 1. The maximum Gasteiger partial charge on any atom is 0.231 e. The zero-order valence-electron chi connectivity index (χ0n) is 15.7. The number of carbonyl (C=O) groups is 1. The molecule has 1 heterocycles. The lowest BCUT2D eigenvalue weighted by molar-refractivity contribution is -0.122. The van der Waals surface area contributed by atoms with Gasteiger partial charge in [-0.05, 0) is 18.9 Å². The summed E-state index contributed by atoms with van der Waals surface area (Å²) in [6.45, 7) is 10.4. The van der Waals surface area contributed by atoms with E-state index in [-0.39, 0.29) is 11.3 Å². The van der Waals surface area contributed by atoms with Crippen LogP contribution in [0.25, 0.3) is 11.3 Å². The minimum Gasteiger partial charge on any atom is -0.354 e. The molecule has 0 fully saturated rings. The molecule has 1 unspecified atom stereocenters. The van der Waals surface area contributed by atoms with Crippen molar-refractivity contribution < 1.29 is 4.79 Å². The Morgan fingerprint density at radius 3 is 2.73 bits per heavy atom.